The topological polar surface area (TPSA) is 76.5 Å². The number of hydrogen-bond donors (Lipinski definition) is 1. The Hall–Kier alpha value is -2.40. The van der Waals surface area contributed by atoms with Crippen LogP contribution in [-0.2, 0) is 4.74 Å². The maximum absolute atomic E-state index is 11.6. The zero-order chi connectivity index (χ0) is 14.7. The molecule has 5 nitrogen and oxygen atoms in total. The molecule has 20 heavy (non-hydrogen) atoms. The lowest BCUT2D eigenvalue weighted by atomic mass is 10.0. The third kappa shape index (κ3) is 2.62. The molecule has 0 saturated heterocycles. The van der Waals surface area contributed by atoms with Crippen molar-refractivity contribution in [1.82, 2.24) is 4.98 Å². The molecule has 0 spiro atoms. The van der Waals surface area contributed by atoms with Crippen molar-refractivity contribution < 1.29 is 19.4 Å². The first-order valence-electron chi connectivity index (χ1n) is 5.61. The van der Waals surface area contributed by atoms with Crippen molar-refractivity contribution in [3.05, 3.63) is 52.7 Å². The summed E-state index contributed by atoms with van der Waals surface area (Å²) in [4.78, 5) is 26.8. The van der Waals surface area contributed by atoms with Crippen LogP contribution >= 0.6 is 11.6 Å². The van der Waals surface area contributed by atoms with Gasteiger partial charge in [0.2, 0.25) is 0 Å². The predicted molar refractivity (Wildman–Crippen MR) is 73.0 cm³/mol. The van der Waals surface area contributed by atoms with Crippen molar-refractivity contribution in [2.45, 2.75) is 0 Å². The number of esters is 1. The maximum atomic E-state index is 11.6. The van der Waals surface area contributed by atoms with Gasteiger partial charge >= 0.3 is 11.9 Å². The first kappa shape index (κ1) is 14.0. The monoisotopic (exact) mass is 291 g/mol. The minimum atomic E-state index is -1.09. The van der Waals surface area contributed by atoms with Crippen LogP contribution in [0.4, 0.5) is 0 Å². The second-order valence-corrected chi connectivity index (χ2v) is 4.30. The summed E-state index contributed by atoms with van der Waals surface area (Å²) in [6.07, 6.45) is 1.48. The highest BCUT2D eigenvalue weighted by atomic mass is 35.5. The SMILES string of the molecule is COC(=O)c1cc(-c2ncccc2C(=O)O)ccc1Cl. The molecule has 0 aliphatic carbocycles. The van der Waals surface area contributed by atoms with Gasteiger partial charge in [-0.05, 0) is 24.3 Å². The van der Waals surface area contributed by atoms with Crippen LogP contribution < -0.4 is 0 Å². The van der Waals surface area contributed by atoms with Gasteiger partial charge in [-0.1, -0.05) is 17.7 Å². The Morgan fingerprint density at radius 3 is 2.65 bits per heavy atom. The average molecular weight is 292 g/mol. The Bertz CT molecular complexity index is 685. The van der Waals surface area contributed by atoms with Crippen molar-refractivity contribution in [3.63, 3.8) is 0 Å². The van der Waals surface area contributed by atoms with Gasteiger partial charge < -0.3 is 9.84 Å². The largest absolute Gasteiger partial charge is 0.478 e. The van der Waals surface area contributed by atoms with Gasteiger partial charge in [0.1, 0.15) is 0 Å². The number of benzene rings is 1. The van der Waals surface area contributed by atoms with E-state index in [1.807, 2.05) is 0 Å². The van der Waals surface area contributed by atoms with E-state index in [1.54, 1.807) is 6.07 Å². The van der Waals surface area contributed by atoms with Gasteiger partial charge in [-0.3, -0.25) is 4.98 Å². The fourth-order valence-corrected chi connectivity index (χ4v) is 1.94. The first-order valence-corrected chi connectivity index (χ1v) is 5.99. The lowest BCUT2D eigenvalue weighted by Gasteiger charge is -2.08. The lowest BCUT2D eigenvalue weighted by molar-refractivity contribution is 0.0600. The van der Waals surface area contributed by atoms with Crippen LogP contribution in [0.1, 0.15) is 20.7 Å². The normalized spacial score (nSPS) is 10.1. The average Bonchev–Trinajstić information content (AvgIpc) is 2.47. The molecule has 1 aromatic carbocycles. The standard InChI is InChI=1S/C14H10ClNO4/c1-20-14(19)10-7-8(4-5-11(10)15)12-9(13(17)18)3-2-6-16-12/h2-7H,1H3,(H,17,18). The molecule has 0 radical (unpaired) electrons. The number of hydrogen-bond acceptors (Lipinski definition) is 4. The smallest absolute Gasteiger partial charge is 0.339 e. The number of carbonyl (C=O) groups is 2. The summed E-state index contributed by atoms with van der Waals surface area (Å²) >= 11 is 5.92. The van der Waals surface area contributed by atoms with Crippen LogP contribution in [0.25, 0.3) is 11.3 Å². The summed E-state index contributed by atoms with van der Waals surface area (Å²) in [7, 11) is 1.24. The Morgan fingerprint density at radius 2 is 2.00 bits per heavy atom. The number of aromatic nitrogens is 1. The van der Waals surface area contributed by atoms with E-state index in [0.717, 1.165) is 0 Å². The summed E-state index contributed by atoms with van der Waals surface area (Å²) < 4.78 is 4.63. The highest BCUT2D eigenvalue weighted by Crippen LogP contribution is 2.26. The number of pyridine rings is 1. The number of aromatic carboxylic acids is 1. The third-order valence-electron chi connectivity index (χ3n) is 2.68. The molecule has 1 aromatic heterocycles. The third-order valence-corrected chi connectivity index (χ3v) is 3.01. The Labute approximate surface area is 119 Å². The van der Waals surface area contributed by atoms with Crippen LogP contribution in [0.15, 0.2) is 36.5 Å². The van der Waals surface area contributed by atoms with Gasteiger partial charge in [-0.2, -0.15) is 0 Å². The van der Waals surface area contributed by atoms with Crippen molar-refractivity contribution in [3.8, 4) is 11.3 Å². The van der Waals surface area contributed by atoms with Crippen LogP contribution in [0.5, 0.6) is 0 Å². The molecular weight excluding hydrogens is 282 g/mol. The quantitative estimate of drug-likeness (QED) is 0.880. The number of carboxylic acid groups (broad SMARTS) is 1. The summed E-state index contributed by atoms with van der Waals surface area (Å²) in [5.74, 6) is -1.69. The molecule has 6 heteroatoms. The Balaban J connectivity index is 2.60. The van der Waals surface area contributed by atoms with Gasteiger partial charge in [-0.25, -0.2) is 9.59 Å². The van der Waals surface area contributed by atoms with E-state index in [-0.39, 0.29) is 21.8 Å². The lowest BCUT2D eigenvalue weighted by Crippen LogP contribution is -2.04. The van der Waals surface area contributed by atoms with Crippen LogP contribution in [0.2, 0.25) is 5.02 Å². The molecule has 0 bridgehead atoms. The number of methoxy groups -OCH3 is 1. The Kier molecular flexibility index (Phi) is 4.00. The second kappa shape index (κ2) is 5.71. The van der Waals surface area contributed by atoms with Crippen LogP contribution in [0, 0.1) is 0 Å². The maximum Gasteiger partial charge on any atom is 0.339 e. The molecule has 0 saturated carbocycles. The first-order chi connectivity index (χ1) is 9.54. The Morgan fingerprint density at radius 1 is 1.25 bits per heavy atom. The molecule has 0 aliphatic heterocycles. The number of rotatable bonds is 3. The summed E-state index contributed by atoms with van der Waals surface area (Å²) in [6, 6.07) is 7.54. The fraction of sp³-hybridized carbons (Fsp3) is 0.0714. The van der Waals surface area contributed by atoms with E-state index < -0.39 is 11.9 Å². The summed E-state index contributed by atoms with van der Waals surface area (Å²) in [5, 5.41) is 9.38. The van der Waals surface area contributed by atoms with E-state index in [4.69, 9.17) is 16.7 Å². The van der Waals surface area contributed by atoms with E-state index in [1.165, 1.54) is 37.6 Å². The molecule has 0 unspecified atom stereocenters. The van der Waals surface area contributed by atoms with E-state index in [2.05, 4.69) is 9.72 Å². The van der Waals surface area contributed by atoms with E-state index in [9.17, 15) is 9.59 Å². The molecule has 0 fully saturated rings. The van der Waals surface area contributed by atoms with Crippen molar-refractivity contribution in [2.75, 3.05) is 7.11 Å². The number of nitrogens with zero attached hydrogens (tertiary/aromatic N) is 1. The van der Waals surface area contributed by atoms with Gasteiger partial charge in [-0.15, -0.1) is 0 Å². The molecule has 0 atom stereocenters. The number of halogens is 1. The molecule has 102 valence electrons. The predicted octanol–water partition coefficient (Wildman–Crippen LogP) is 2.89. The van der Waals surface area contributed by atoms with Crippen LogP contribution in [0.3, 0.4) is 0 Å². The molecule has 0 aliphatic rings. The molecule has 0 amide bonds. The van der Waals surface area contributed by atoms with Crippen molar-refractivity contribution in [2.24, 2.45) is 0 Å². The van der Waals surface area contributed by atoms with Gasteiger partial charge in [0, 0.05) is 11.8 Å². The fourth-order valence-electron chi connectivity index (χ4n) is 1.75. The van der Waals surface area contributed by atoms with E-state index >= 15 is 0 Å². The zero-order valence-electron chi connectivity index (χ0n) is 10.5. The molecule has 2 aromatic rings. The molecule has 2 rings (SSSR count). The minimum Gasteiger partial charge on any atom is -0.478 e. The van der Waals surface area contributed by atoms with Crippen LogP contribution in [-0.4, -0.2) is 29.1 Å². The zero-order valence-corrected chi connectivity index (χ0v) is 11.2. The molecule has 1 heterocycles. The number of carbonyl (C=O) groups excluding carboxylic acids is 1. The molecular formula is C14H10ClNO4. The summed E-state index contributed by atoms with van der Waals surface area (Å²) in [5.41, 5.74) is 0.953. The van der Waals surface area contributed by atoms with Gasteiger partial charge in [0.15, 0.2) is 0 Å². The number of carboxylic acids is 1. The number of ether oxygens (including phenoxy) is 1. The van der Waals surface area contributed by atoms with Crippen molar-refractivity contribution in [1.29, 1.82) is 0 Å². The van der Waals surface area contributed by atoms with Gasteiger partial charge in [0.25, 0.3) is 0 Å². The van der Waals surface area contributed by atoms with Gasteiger partial charge in [0.05, 0.1) is 29.0 Å². The minimum absolute atomic E-state index is 0.0469. The highest BCUT2D eigenvalue weighted by molar-refractivity contribution is 6.33. The van der Waals surface area contributed by atoms with Crippen molar-refractivity contribution >= 4 is 23.5 Å². The van der Waals surface area contributed by atoms with E-state index in [0.29, 0.717) is 5.56 Å². The summed E-state index contributed by atoms with van der Waals surface area (Å²) in [6.45, 7) is 0. The molecule has 1 N–H and O–H groups in total. The highest BCUT2D eigenvalue weighted by Gasteiger charge is 2.16. The second-order valence-electron chi connectivity index (χ2n) is 3.89.